The molecule has 3 aromatic rings. The summed E-state index contributed by atoms with van der Waals surface area (Å²) in [4.78, 5) is 71.6. The van der Waals surface area contributed by atoms with Crippen molar-refractivity contribution in [2.45, 2.75) is 142 Å². The molecule has 14 heteroatoms. The number of aryl methyl sites for hydroxylation is 1. The van der Waals surface area contributed by atoms with Crippen molar-refractivity contribution in [3.8, 4) is 17.2 Å². The lowest BCUT2D eigenvalue weighted by atomic mass is 9.79. The first kappa shape index (κ1) is 63.1. The van der Waals surface area contributed by atoms with E-state index in [0.29, 0.717) is 100.0 Å². The van der Waals surface area contributed by atoms with Crippen LogP contribution < -0.4 is 14.2 Å². The van der Waals surface area contributed by atoms with Crippen molar-refractivity contribution in [1.29, 1.82) is 0 Å². The highest BCUT2D eigenvalue weighted by Crippen LogP contribution is 2.34. The third kappa shape index (κ3) is 26.2. The Bertz CT molecular complexity index is 2330. The van der Waals surface area contributed by atoms with Crippen molar-refractivity contribution < 1.29 is 66.7 Å². The van der Waals surface area contributed by atoms with Crippen LogP contribution in [0, 0.1) is 35.5 Å². The van der Waals surface area contributed by atoms with Gasteiger partial charge in [-0.2, -0.15) is 0 Å². The highest BCUT2D eigenvalue weighted by molar-refractivity contribution is 5.87. The summed E-state index contributed by atoms with van der Waals surface area (Å²) in [5.74, 6) is 2.56. The first-order valence-electron chi connectivity index (χ1n) is 28.8. The van der Waals surface area contributed by atoms with Crippen LogP contribution in [0.4, 0.5) is 0 Å². The molecular formula is C65H86O14. The molecule has 0 atom stereocenters. The number of rotatable bonds is 30. The smallest absolute Gasteiger partial charge is 0.330 e. The van der Waals surface area contributed by atoms with Gasteiger partial charge in [-0.05, 0) is 185 Å². The quantitative estimate of drug-likeness (QED) is 0.0202. The van der Waals surface area contributed by atoms with Gasteiger partial charge in [-0.25, -0.2) is 14.4 Å². The minimum absolute atomic E-state index is 0.108. The van der Waals surface area contributed by atoms with E-state index in [1.807, 2.05) is 48.5 Å². The van der Waals surface area contributed by atoms with E-state index >= 15 is 0 Å². The predicted molar refractivity (Wildman–Crippen MR) is 303 cm³/mol. The SMILES string of the molecule is C=CC(=O)OCC1CCC(COC(=O)/C=C/c2ccc(OC(=O)CCc3ccc(OCCCCCC)cc3)cc2)CC1.C=CC(=O)OCC1CCC(COC(=O)CC2CCC(CC(=O)OCCc3ccc(OC)cc3)CC2)CC1. The number of hydrogen-bond acceptors (Lipinski definition) is 14. The van der Waals surface area contributed by atoms with E-state index in [1.54, 1.807) is 37.5 Å². The van der Waals surface area contributed by atoms with Gasteiger partial charge in [-0.1, -0.05) is 75.7 Å². The van der Waals surface area contributed by atoms with Crippen LogP contribution in [0.25, 0.3) is 6.08 Å². The topological polar surface area (TPSA) is 176 Å². The van der Waals surface area contributed by atoms with Gasteiger partial charge in [-0.3, -0.25) is 14.4 Å². The van der Waals surface area contributed by atoms with Gasteiger partial charge in [0.15, 0.2) is 0 Å². The molecule has 0 unspecified atom stereocenters. The summed E-state index contributed by atoms with van der Waals surface area (Å²) in [6, 6.07) is 22.6. The molecule has 3 aliphatic rings. The van der Waals surface area contributed by atoms with Crippen LogP contribution in [0.5, 0.6) is 17.2 Å². The summed E-state index contributed by atoms with van der Waals surface area (Å²) in [5, 5.41) is 0. The third-order valence-corrected chi connectivity index (χ3v) is 15.2. The number of methoxy groups -OCH3 is 1. The Morgan fingerprint density at radius 2 is 0.911 bits per heavy atom. The number of carbonyl (C=O) groups excluding carboxylic acids is 6. The average Bonchev–Trinajstić information content (AvgIpc) is 3.48. The van der Waals surface area contributed by atoms with Gasteiger partial charge in [-0.15, -0.1) is 0 Å². The zero-order chi connectivity index (χ0) is 56.5. The number of ether oxygens (including phenoxy) is 8. The van der Waals surface area contributed by atoms with E-state index in [0.717, 1.165) is 118 Å². The van der Waals surface area contributed by atoms with Crippen LogP contribution in [0.2, 0.25) is 0 Å². The fourth-order valence-corrected chi connectivity index (χ4v) is 10.1. The maximum atomic E-state index is 12.4. The second-order valence-electron chi connectivity index (χ2n) is 21.3. The zero-order valence-electron chi connectivity index (χ0n) is 46.9. The Morgan fingerprint density at radius 1 is 0.468 bits per heavy atom. The lowest BCUT2D eigenvalue weighted by Crippen LogP contribution is -2.25. The fraction of sp³-hybridized carbons (Fsp3) is 0.538. The van der Waals surface area contributed by atoms with Gasteiger partial charge in [0.2, 0.25) is 0 Å². The van der Waals surface area contributed by atoms with Crippen LogP contribution in [-0.2, 0) is 65.3 Å². The van der Waals surface area contributed by atoms with Gasteiger partial charge in [0, 0.05) is 43.9 Å². The van der Waals surface area contributed by atoms with Gasteiger partial charge >= 0.3 is 35.8 Å². The van der Waals surface area contributed by atoms with Crippen LogP contribution >= 0.6 is 0 Å². The number of unbranched alkanes of at least 4 members (excludes halogenated alkanes) is 3. The highest BCUT2D eigenvalue weighted by Gasteiger charge is 2.28. The molecule has 0 saturated heterocycles. The zero-order valence-corrected chi connectivity index (χ0v) is 46.9. The molecule has 0 aliphatic heterocycles. The molecule has 3 aromatic carbocycles. The molecule has 0 heterocycles. The van der Waals surface area contributed by atoms with E-state index < -0.39 is 0 Å². The first-order valence-corrected chi connectivity index (χ1v) is 28.8. The predicted octanol–water partition coefficient (Wildman–Crippen LogP) is 12.7. The van der Waals surface area contributed by atoms with E-state index in [-0.39, 0.29) is 42.2 Å². The van der Waals surface area contributed by atoms with E-state index in [1.165, 1.54) is 37.5 Å². The lowest BCUT2D eigenvalue weighted by molar-refractivity contribution is -0.148. The maximum absolute atomic E-state index is 12.4. The average molecular weight is 1090 g/mol. The first-order chi connectivity index (χ1) is 38.4. The molecule has 0 spiro atoms. The van der Waals surface area contributed by atoms with Crippen LogP contribution in [-0.4, -0.2) is 82.6 Å². The van der Waals surface area contributed by atoms with Crippen molar-refractivity contribution in [3.63, 3.8) is 0 Å². The normalized spacial score (nSPS) is 19.8. The minimum atomic E-state index is -0.390. The standard InChI is InChI=1S/C35H44O7.C30H42O7/c1-3-5-6-7-24-39-31-18-12-27(13-19-31)17-23-35(38)42-32-20-14-28(15-21-32)16-22-34(37)41-26-30-10-8-29(9-11-30)25-40-33(36)4-2;1-3-28(31)36-20-25-8-10-26(11-9-25)21-37-30(33)19-24-6-4-23(5-7-24)18-29(32)35-17-16-22-12-14-27(34-2)15-13-22/h4,12-16,18-22,29-30H,2-3,5-11,17,23-26H2,1H3;3,12-15,23-26H,1,4-11,16-21H2,2H3/b22-16+;. The Hall–Kier alpha value is -6.70. The van der Waals surface area contributed by atoms with E-state index in [9.17, 15) is 28.8 Å². The summed E-state index contributed by atoms with van der Waals surface area (Å²) >= 11 is 0. The Balaban J connectivity index is 0.000000293. The fourth-order valence-electron chi connectivity index (χ4n) is 10.1. The van der Waals surface area contributed by atoms with E-state index in [2.05, 4.69) is 20.1 Å². The molecule has 79 heavy (non-hydrogen) atoms. The van der Waals surface area contributed by atoms with Crippen LogP contribution in [0.1, 0.15) is 146 Å². The molecule has 430 valence electrons. The Morgan fingerprint density at radius 3 is 1.41 bits per heavy atom. The van der Waals surface area contributed by atoms with E-state index in [4.69, 9.17) is 37.9 Å². The summed E-state index contributed by atoms with van der Waals surface area (Å²) in [7, 11) is 1.64. The van der Waals surface area contributed by atoms with Crippen LogP contribution in [0.3, 0.4) is 0 Å². The Kier molecular flexibility index (Phi) is 29.1. The summed E-state index contributed by atoms with van der Waals surface area (Å²) in [6.07, 6.45) is 24.2. The number of benzene rings is 3. The van der Waals surface area contributed by atoms with Crippen molar-refractivity contribution in [1.82, 2.24) is 0 Å². The Labute approximate surface area is 468 Å². The number of esters is 6. The van der Waals surface area contributed by atoms with Gasteiger partial charge < -0.3 is 37.9 Å². The summed E-state index contributed by atoms with van der Waals surface area (Å²) in [6.45, 7) is 11.9. The monoisotopic (exact) mass is 1090 g/mol. The molecule has 0 aromatic heterocycles. The number of hydrogen-bond donors (Lipinski definition) is 0. The van der Waals surface area contributed by atoms with Crippen LogP contribution in [0.15, 0.2) is 104 Å². The lowest BCUT2D eigenvalue weighted by Gasteiger charge is -2.29. The molecule has 0 bridgehead atoms. The summed E-state index contributed by atoms with van der Waals surface area (Å²) < 4.78 is 43.2. The minimum Gasteiger partial charge on any atom is -0.497 e. The van der Waals surface area contributed by atoms with Crippen molar-refractivity contribution >= 4 is 41.9 Å². The number of carbonyl (C=O) groups is 6. The molecular weight excluding hydrogens is 1000 g/mol. The van der Waals surface area contributed by atoms with Gasteiger partial charge in [0.05, 0.1) is 46.8 Å². The largest absolute Gasteiger partial charge is 0.497 e. The molecule has 3 fully saturated rings. The molecule has 0 amide bonds. The maximum Gasteiger partial charge on any atom is 0.330 e. The van der Waals surface area contributed by atoms with Gasteiger partial charge in [0.25, 0.3) is 0 Å². The second-order valence-corrected chi connectivity index (χ2v) is 21.3. The van der Waals surface area contributed by atoms with Crippen molar-refractivity contribution in [2.75, 3.05) is 46.8 Å². The molecule has 3 aliphatic carbocycles. The summed E-state index contributed by atoms with van der Waals surface area (Å²) in [5.41, 5.74) is 2.96. The second kappa shape index (κ2) is 36.5. The van der Waals surface area contributed by atoms with Crippen molar-refractivity contribution in [2.24, 2.45) is 35.5 Å². The third-order valence-electron chi connectivity index (χ3n) is 15.2. The van der Waals surface area contributed by atoms with Crippen molar-refractivity contribution in [3.05, 3.63) is 121 Å². The highest BCUT2D eigenvalue weighted by atomic mass is 16.6. The molecule has 6 rings (SSSR count). The molecule has 0 radical (unpaired) electrons. The van der Waals surface area contributed by atoms with Gasteiger partial charge in [0.1, 0.15) is 17.2 Å². The molecule has 0 N–H and O–H groups in total. The molecule has 3 saturated carbocycles. The molecule has 14 nitrogen and oxygen atoms in total.